The van der Waals surface area contributed by atoms with Crippen molar-refractivity contribution in [2.75, 3.05) is 18.6 Å². The highest BCUT2D eigenvalue weighted by atomic mass is 32.2. The summed E-state index contributed by atoms with van der Waals surface area (Å²) in [6.07, 6.45) is 5.35. The first-order valence-corrected chi connectivity index (χ1v) is 12.7. The lowest BCUT2D eigenvalue weighted by molar-refractivity contribution is 0.102. The van der Waals surface area contributed by atoms with Crippen LogP contribution in [0.25, 0.3) is 5.69 Å². The summed E-state index contributed by atoms with van der Waals surface area (Å²) in [4.78, 5) is 18.7. The van der Waals surface area contributed by atoms with Gasteiger partial charge >= 0.3 is 0 Å². The second kappa shape index (κ2) is 9.25. The van der Waals surface area contributed by atoms with Crippen LogP contribution in [0, 0.1) is 13.8 Å². The number of imidazole rings is 1. The van der Waals surface area contributed by atoms with Crippen LogP contribution < -0.4 is 4.72 Å². The highest BCUT2D eigenvalue weighted by Gasteiger charge is 2.14. The van der Waals surface area contributed by atoms with Crippen LogP contribution >= 0.6 is 23.1 Å². The molecule has 0 radical (unpaired) electrons. The number of benzene rings is 1. The number of hydrogen-bond acceptors (Lipinski definition) is 6. The van der Waals surface area contributed by atoms with Crippen molar-refractivity contribution in [3.05, 3.63) is 63.6 Å². The molecular formula is C20H23N3O3S3. The van der Waals surface area contributed by atoms with E-state index in [1.807, 2.05) is 29.0 Å². The Labute approximate surface area is 179 Å². The molecule has 0 fully saturated rings. The number of thioether (sulfide) groups is 1. The molecule has 0 amide bonds. The van der Waals surface area contributed by atoms with E-state index >= 15 is 0 Å². The first-order valence-electron chi connectivity index (χ1n) is 9.04. The number of aromatic nitrogens is 2. The first-order chi connectivity index (χ1) is 13.7. The molecule has 6 nitrogen and oxygen atoms in total. The molecule has 154 valence electrons. The monoisotopic (exact) mass is 449 g/mol. The molecule has 3 aromatic rings. The zero-order valence-electron chi connectivity index (χ0n) is 16.5. The third-order valence-corrected chi connectivity index (χ3v) is 7.33. The molecule has 0 bridgehead atoms. The molecule has 0 aliphatic heterocycles. The predicted molar refractivity (Wildman–Crippen MR) is 119 cm³/mol. The summed E-state index contributed by atoms with van der Waals surface area (Å²) in [5.74, 6) is 0.335. The van der Waals surface area contributed by atoms with Crippen LogP contribution in [0.4, 0.5) is 0 Å². The van der Waals surface area contributed by atoms with Crippen LogP contribution in [-0.4, -0.2) is 42.3 Å². The quantitative estimate of drug-likeness (QED) is 0.399. The molecule has 0 aliphatic carbocycles. The zero-order chi connectivity index (χ0) is 21.0. The molecule has 1 N–H and O–H groups in total. The Bertz CT molecular complexity index is 1120. The first kappa shape index (κ1) is 21.8. The number of rotatable bonds is 9. The summed E-state index contributed by atoms with van der Waals surface area (Å²) in [5, 5.41) is 0.779. The second-order valence-electron chi connectivity index (χ2n) is 6.69. The molecule has 1 aromatic carbocycles. The summed E-state index contributed by atoms with van der Waals surface area (Å²) in [6.45, 7) is 4.48. The topological polar surface area (TPSA) is 81.1 Å². The number of hydrogen-bond donors (Lipinski definition) is 1. The number of nitrogens with one attached hydrogen (secondary N) is 1. The second-order valence-corrected chi connectivity index (χ2v) is 10.6. The van der Waals surface area contributed by atoms with Gasteiger partial charge in [0.25, 0.3) is 0 Å². The van der Waals surface area contributed by atoms with Gasteiger partial charge < -0.3 is 0 Å². The molecule has 0 saturated heterocycles. The normalized spacial score (nSPS) is 11.7. The van der Waals surface area contributed by atoms with Gasteiger partial charge in [0.1, 0.15) is 0 Å². The van der Waals surface area contributed by atoms with Gasteiger partial charge in [0.15, 0.2) is 10.9 Å². The molecule has 0 atom stereocenters. The van der Waals surface area contributed by atoms with E-state index in [1.54, 1.807) is 12.3 Å². The largest absolute Gasteiger partial charge is 0.295 e. The Balaban J connectivity index is 1.62. The van der Waals surface area contributed by atoms with Gasteiger partial charge in [-0.15, -0.1) is 11.3 Å². The number of carbonyl (C=O) groups excluding carboxylic acids is 1. The average molecular weight is 450 g/mol. The van der Waals surface area contributed by atoms with Gasteiger partial charge in [-0.1, -0.05) is 23.9 Å². The molecule has 2 heterocycles. The number of sulfonamides is 1. The number of Topliss-reactive ketones (excluding diaryl/α,β-unsaturated/α-hetero) is 1. The van der Waals surface area contributed by atoms with Crippen molar-refractivity contribution in [3.63, 3.8) is 0 Å². The number of nitrogens with zero attached hydrogens (tertiary/aromatic N) is 2. The Morgan fingerprint density at radius 3 is 2.79 bits per heavy atom. The number of thiophene rings is 1. The van der Waals surface area contributed by atoms with Crippen LogP contribution in [0.3, 0.4) is 0 Å². The van der Waals surface area contributed by atoms with Gasteiger partial charge in [-0.2, -0.15) is 0 Å². The zero-order valence-corrected chi connectivity index (χ0v) is 19.0. The van der Waals surface area contributed by atoms with Crippen molar-refractivity contribution < 1.29 is 13.2 Å². The van der Waals surface area contributed by atoms with E-state index in [4.69, 9.17) is 0 Å². The summed E-state index contributed by atoms with van der Waals surface area (Å²) in [6, 6.07) is 9.82. The van der Waals surface area contributed by atoms with Crippen LogP contribution in [0.15, 0.2) is 47.9 Å². The van der Waals surface area contributed by atoms with Gasteiger partial charge in [0.05, 0.1) is 22.6 Å². The molecule has 0 unspecified atom stereocenters. The van der Waals surface area contributed by atoms with E-state index in [0.717, 1.165) is 22.0 Å². The van der Waals surface area contributed by atoms with Crippen molar-refractivity contribution in [2.45, 2.75) is 25.4 Å². The molecule has 9 heteroatoms. The molecule has 0 saturated carbocycles. The Kier molecular flexibility index (Phi) is 6.94. The minimum Gasteiger partial charge on any atom is -0.295 e. The van der Waals surface area contributed by atoms with Crippen LogP contribution in [0.5, 0.6) is 0 Å². The lowest BCUT2D eigenvalue weighted by Gasteiger charge is -2.12. The molecule has 0 aliphatic rings. The maximum atomic E-state index is 12.6. The van der Waals surface area contributed by atoms with Crippen LogP contribution in [0.1, 0.15) is 25.7 Å². The fourth-order valence-electron chi connectivity index (χ4n) is 2.80. The lowest BCUT2D eigenvalue weighted by Crippen LogP contribution is -2.23. The van der Waals surface area contributed by atoms with Crippen molar-refractivity contribution in [1.29, 1.82) is 0 Å². The highest BCUT2D eigenvalue weighted by molar-refractivity contribution is 7.99. The minimum atomic E-state index is -3.20. The van der Waals surface area contributed by atoms with E-state index < -0.39 is 10.0 Å². The summed E-state index contributed by atoms with van der Waals surface area (Å²) in [5.41, 5.74) is 3.46. The highest BCUT2D eigenvalue weighted by Crippen LogP contribution is 2.26. The number of aryl methyl sites for hydroxylation is 1. The molecule has 0 spiro atoms. The van der Waals surface area contributed by atoms with Crippen molar-refractivity contribution in [1.82, 2.24) is 14.3 Å². The fourth-order valence-corrected chi connectivity index (χ4v) is 5.16. The van der Waals surface area contributed by atoms with Gasteiger partial charge in [-0.05, 0) is 49.6 Å². The standard InChI is InChI=1S/C20H23N3O3S3/c1-14-5-4-6-17(15(14)2)23-12-11-21-20(23)27-13-18(24)19-8-7-16(28-19)9-10-22-29(3,25)26/h4-8,11-12,22H,9-10,13H2,1-3H3. The smallest absolute Gasteiger partial charge is 0.208 e. The molecular weight excluding hydrogens is 426 g/mol. The lowest BCUT2D eigenvalue weighted by atomic mass is 10.1. The SMILES string of the molecule is Cc1cccc(-n2ccnc2SCC(=O)c2ccc(CCNS(C)(=O)=O)s2)c1C. The third-order valence-electron chi connectivity index (χ3n) is 4.45. The molecule has 2 aromatic heterocycles. The number of ketones is 1. The van der Waals surface area contributed by atoms with Gasteiger partial charge in [0, 0.05) is 23.8 Å². The number of carbonyl (C=O) groups is 1. The summed E-state index contributed by atoms with van der Waals surface area (Å²) >= 11 is 2.82. The molecule has 3 rings (SSSR count). The van der Waals surface area contributed by atoms with E-state index in [0.29, 0.717) is 23.6 Å². The van der Waals surface area contributed by atoms with E-state index in [2.05, 4.69) is 29.6 Å². The van der Waals surface area contributed by atoms with Crippen molar-refractivity contribution in [2.24, 2.45) is 0 Å². The summed E-state index contributed by atoms with van der Waals surface area (Å²) in [7, 11) is -3.20. The van der Waals surface area contributed by atoms with E-state index in [9.17, 15) is 13.2 Å². The predicted octanol–water partition coefficient (Wildman–Crippen LogP) is 3.62. The van der Waals surface area contributed by atoms with E-state index in [-0.39, 0.29) is 5.78 Å². The van der Waals surface area contributed by atoms with Gasteiger partial charge in [-0.3, -0.25) is 9.36 Å². The van der Waals surface area contributed by atoms with Crippen molar-refractivity contribution in [3.8, 4) is 5.69 Å². The van der Waals surface area contributed by atoms with Crippen molar-refractivity contribution >= 4 is 38.9 Å². The summed E-state index contributed by atoms with van der Waals surface area (Å²) < 4.78 is 26.7. The van der Waals surface area contributed by atoms with Crippen LogP contribution in [0.2, 0.25) is 0 Å². The Hall–Kier alpha value is -1.94. The maximum Gasteiger partial charge on any atom is 0.208 e. The van der Waals surface area contributed by atoms with E-state index in [1.165, 1.54) is 34.2 Å². The van der Waals surface area contributed by atoms with Gasteiger partial charge in [-0.25, -0.2) is 18.1 Å². The molecule has 29 heavy (non-hydrogen) atoms. The fraction of sp³-hybridized carbons (Fsp3) is 0.300. The average Bonchev–Trinajstić information content (AvgIpc) is 3.30. The Morgan fingerprint density at radius 2 is 2.03 bits per heavy atom. The minimum absolute atomic E-state index is 0.0397. The third kappa shape index (κ3) is 5.79. The van der Waals surface area contributed by atoms with Gasteiger partial charge in [0.2, 0.25) is 10.0 Å². The maximum absolute atomic E-state index is 12.6. The van der Waals surface area contributed by atoms with Crippen LogP contribution in [-0.2, 0) is 16.4 Å². The Morgan fingerprint density at radius 1 is 1.24 bits per heavy atom.